The summed E-state index contributed by atoms with van der Waals surface area (Å²) in [5.74, 6) is 0.193. The monoisotopic (exact) mass is 352 g/mol. The topological polar surface area (TPSA) is 92.9 Å². The van der Waals surface area contributed by atoms with Crippen molar-refractivity contribution in [1.29, 1.82) is 0 Å². The van der Waals surface area contributed by atoms with Crippen molar-refractivity contribution in [3.63, 3.8) is 0 Å². The number of aliphatic hydroxyl groups is 1. The molecule has 1 aromatic carbocycles. The largest absolute Gasteiger partial charge is 0.495 e. The van der Waals surface area contributed by atoms with Crippen LogP contribution in [0.1, 0.15) is 6.92 Å². The summed E-state index contributed by atoms with van der Waals surface area (Å²) in [5, 5.41) is 9.07. The molecule has 3 N–H and O–H groups in total. The van der Waals surface area contributed by atoms with Gasteiger partial charge in [0.15, 0.2) is 0 Å². The van der Waals surface area contributed by atoms with Gasteiger partial charge in [-0.15, -0.1) is 0 Å². The number of hydrogen-bond donors (Lipinski definition) is 2. The molecule has 6 nitrogen and oxygen atoms in total. The highest BCUT2D eigenvalue weighted by atomic mass is 79.9. The molecule has 0 aliphatic carbocycles. The fourth-order valence-electron chi connectivity index (χ4n) is 1.42. The number of halogens is 1. The predicted molar refractivity (Wildman–Crippen MR) is 76.6 cm³/mol. The van der Waals surface area contributed by atoms with Gasteiger partial charge in [0.2, 0.25) is 10.0 Å². The second-order valence-corrected chi connectivity index (χ2v) is 6.90. The molecule has 0 aliphatic rings. The van der Waals surface area contributed by atoms with Gasteiger partial charge in [-0.1, -0.05) is 0 Å². The van der Waals surface area contributed by atoms with Crippen LogP contribution in [-0.4, -0.2) is 44.6 Å². The molecule has 1 aromatic rings. The summed E-state index contributed by atoms with van der Waals surface area (Å²) in [6.07, 6.45) is 0. The Labute approximate surface area is 121 Å². The van der Waals surface area contributed by atoms with Crippen molar-refractivity contribution in [1.82, 2.24) is 4.31 Å². The van der Waals surface area contributed by atoms with Gasteiger partial charge >= 0.3 is 0 Å². The third-order valence-electron chi connectivity index (χ3n) is 2.82. The maximum absolute atomic E-state index is 12.4. The van der Waals surface area contributed by atoms with Crippen LogP contribution in [0.3, 0.4) is 0 Å². The van der Waals surface area contributed by atoms with E-state index in [1.807, 2.05) is 0 Å². The second kappa shape index (κ2) is 6.08. The lowest BCUT2D eigenvalue weighted by atomic mass is 10.3. The summed E-state index contributed by atoms with van der Waals surface area (Å²) in [5.41, 5.74) is 6.01. The average molecular weight is 353 g/mol. The van der Waals surface area contributed by atoms with Gasteiger partial charge < -0.3 is 15.6 Å². The first-order chi connectivity index (χ1) is 8.75. The zero-order chi connectivity index (χ0) is 14.8. The van der Waals surface area contributed by atoms with E-state index in [0.29, 0.717) is 10.2 Å². The lowest BCUT2D eigenvalue weighted by molar-refractivity contribution is 0.213. The van der Waals surface area contributed by atoms with Gasteiger partial charge in [-0.25, -0.2) is 8.42 Å². The number of rotatable bonds is 5. The van der Waals surface area contributed by atoms with Gasteiger partial charge in [-0.2, -0.15) is 4.31 Å². The average Bonchev–Trinajstić information content (AvgIpc) is 2.39. The van der Waals surface area contributed by atoms with E-state index in [-0.39, 0.29) is 17.3 Å². The zero-order valence-electron chi connectivity index (χ0n) is 10.9. The number of methoxy groups -OCH3 is 1. The molecule has 0 aliphatic heterocycles. The van der Waals surface area contributed by atoms with Crippen LogP contribution in [-0.2, 0) is 10.0 Å². The van der Waals surface area contributed by atoms with E-state index >= 15 is 0 Å². The van der Waals surface area contributed by atoms with E-state index in [1.54, 1.807) is 6.92 Å². The molecular formula is C11H17BrN2O4S. The Morgan fingerprint density at radius 1 is 1.53 bits per heavy atom. The first-order valence-corrected chi connectivity index (χ1v) is 7.71. The molecule has 1 unspecified atom stereocenters. The van der Waals surface area contributed by atoms with E-state index in [9.17, 15) is 8.42 Å². The van der Waals surface area contributed by atoms with Crippen LogP contribution in [0, 0.1) is 0 Å². The summed E-state index contributed by atoms with van der Waals surface area (Å²) in [4.78, 5) is -0.0292. The molecule has 0 bridgehead atoms. The Morgan fingerprint density at radius 2 is 2.11 bits per heavy atom. The molecular weight excluding hydrogens is 336 g/mol. The Kier molecular flexibility index (Phi) is 5.19. The molecule has 1 rings (SSSR count). The number of ether oxygens (including phenoxy) is 1. The minimum Gasteiger partial charge on any atom is -0.495 e. The summed E-state index contributed by atoms with van der Waals surface area (Å²) in [6.45, 7) is 1.33. The molecule has 0 amide bonds. The molecule has 108 valence electrons. The number of hydrogen-bond acceptors (Lipinski definition) is 5. The Hall–Kier alpha value is -0.830. The number of anilines is 1. The van der Waals surface area contributed by atoms with E-state index in [2.05, 4.69) is 15.9 Å². The smallest absolute Gasteiger partial charge is 0.246 e. The SMILES string of the molecule is COc1cc(Br)c(N)cc1S(=O)(=O)N(C)C(C)CO. The maximum Gasteiger partial charge on any atom is 0.246 e. The number of nitrogens with two attached hydrogens (primary N) is 1. The number of sulfonamides is 1. The summed E-state index contributed by atoms with van der Waals surface area (Å²) in [7, 11) is -1.01. The van der Waals surface area contributed by atoms with Crippen LogP contribution in [0.4, 0.5) is 5.69 Å². The minimum atomic E-state index is -3.78. The summed E-state index contributed by atoms with van der Waals surface area (Å²) in [6, 6.07) is 2.29. The standard InChI is InChI=1S/C11H17BrN2O4S/c1-7(6-15)14(2)19(16,17)11-5-9(13)8(12)4-10(11)18-3/h4-5,7,15H,6,13H2,1-3H3. The lowest BCUT2D eigenvalue weighted by Crippen LogP contribution is -2.37. The van der Waals surface area contributed by atoms with Crippen molar-refractivity contribution in [2.75, 3.05) is 26.5 Å². The molecule has 1 atom stereocenters. The van der Waals surface area contributed by atoms with Crippen molar-refractivity contribution >= 4 is 31.6 Å². The molecule has 0 spiro atoms. The molecule has 8 heteroatoms. The predicted octanol–water partition coefficient (Wildman–Crippen LogP) is 1.04. The fraction of sp³-hybridized carbons (Fsp3) is 0.455. The lowest BCUT2D eigenvalue weighted by Gasteiger charge is -2.23. The van der Waals surface area contributed by atoms with E-state index in [1.165, 1.54) is 26.3 Å². The number of nitrogen functional groups attached to an aromatic ring is 1. The number of benzene rings is 1. The Balaban J connectivity index is 3.40. The van der Waals surface area contributed by atoms with Crippen molar-refractivity contribution in [3.8, 4) is 5.75 Å². The van der Waals surface area contributed by atoms with Gasteiger partial charge in [-0.05, 0) is 35.0 Å². The van der Waals surface area contributed by atoms with E-state index in [0.717, 1.165) is 4.31 Å². The molecule has 0 saturated heterocycles. The maximum atomic E-state index is 12.4. The number of nitrogens with zero attached hydrogens (tertiary/aromatic N) is 1. The number of aliphatic hydroxyl groups excluding tert-OH is 1. The first kappa shape index (κ1) is 16.2. The zero-order valence-corrected chi connectivity index (χ0v) is 13.3. The normalized spacial score (nSPS) is 13.6. The molecule has 0 radical (unpaired) electrons. The van der Waals surface area contributed by atoms with E-state index < -0.39 is 16.1 Å². The van der Waals surface area contributed by atoms with Crippen LogP contribution >= 0.6 is 15.9 Å². The van der Waals surface area contributed by atoms with Crippen LogP contribution < -0.4 is 10.5 Å². The van der Waals surface area contributed by atoms with Crippen LogP contribution in [0.15, 0.2) is 21.5 Å². The van der Waals surface area contributed by atoms with Gasteiger partial charge in [0.05, 0.1) is 13.7 Å². The fourth-order valence-corrected chi connectivity index (χ4v) is 3.26. The van der Waals surface area contributed by atoms with Crippen molar-refractivity contribution in [3.05, 3.63) is 16.6 Å². The second-order valence-electron chi connectivity index (χ2n) is 4.08. The van der Waals surface area contributed by atoms with E-state index in [4.69, 9.17) is 15.6 Å². The first-order valence-electron chi connectivity index (χ1n) is 5.47. The Bertz CT molecular complexity index is 562. The van der Waals surface area contributed by atoms with Gasteiger partial charge in [0.25, 0.3) is 0 Å². The van der Waals surface area contributed by atoms with Crippen molar-refractivity contribution < 1.29 is 18.3 Å². The van der Waals surface area contributed by atoms with Crippen LogP contribution in [0.25, 0.3) is 0 Å². The molecule has 0 fully saturated rings. The van der Waals surface area contributed by atoms with Gasteiger partial charge in [0.1, 0.15) is 10.6 Å². The third-order valence-corrected chi connectivity index (χ3v) is 5.50. The van der Waals surface area contributed by atoms with Crippen LogP contribution in [0.2, 0.25) is 0 Å². The number of likely N-dealkylation sites (N-methyl/N-ethyl adjacent to an activating group) is 1. The van der Waals surface area contributed by atoms with Crippen LogP contribution in [0.5, 0.6) is 5.75 Å². The summed E-state index contributed by atoms with van der Waals surface area (Å²) >= 11 is 3.21. The minimum absolute atomic E-state index is 0.0292. The van der Waals surface area contributed by atoms with Crippen molar-refractivity contribution in [2.45, 2.75) is 17.9 Å². The Morgan fingerprint density at radius 3 is 2.58 bits per heavy atom. The highest BCUT2D eigenvalue weighted by molar-refractivity contribution is 9.10. The highest BCUT2D eigenvalue weighted by Gasteiger charge is 2.28. The molecule has 0 aromatic heterocycles. The van der Waals surface area contributed by atoms with Gasteiger partial charge in [-0.3, -0.25) is 0 Å². The third kappa shape index (κ3) is 3.19. The molecule has 19 heavy (non-hydrogen) atoms. The van der Waals surface area contributed by atoms with Crippen molar-refractivity contribution in [2.24, 2.45) is 0 Å². The summed E-state index contributed by atoms with van der Waals surface area (Å²) < 4.78 is 31.6. The molecule has 0 saturated carbocycles. The molecule has 0 heterocycles. The van der Waals surface area contributed by atoms with Gasteiger partial charge in [0, 0.05) is 23.2 Å². The quantitative estimate of drug-likeness (QED) is 0.772. The highest BCUT2D eigenvalue weighted by Crippen LogP contribution is 2.34.